The molecule has 1 heterocycles. The minimum absolute atomic E-state index is 0.0202. The molecule has 4 rings (SSSR count). The number of ether oxygens (including phenoxy) is 1. The summed E-state index contributed by atoms with van der Waals surface area (Å²) in [6, 6.07) is 16.7. The van der Waals surface area contributed by atoms with Gasteiger partial charge in [-0.3, -0.25) is 25.0 Å². The number of aryl methyl sites for hydroxylation is 1. The van der Waals surface area contributed by atoms with E-state index in [2.05, 4.69) is 5.32 Å². The molecule has 35 heavy (non-hydrogen) atoms. The van der Waals surface area contributed by atoms with E-state index in [9.17, 15) is 24.5 Å². The number of nitro groups is 1. The van der Waals surface area contributed by atoms with Crippen LogP contribution in [-0.4, -0.2) is 22.8 Å². The van der Waals surface area contributed by atoms with Crippen molar-refractivity contribution >= 4 is 46.9 Å². The lowest BCUT2D eigenvalue weighted by Crippen LogP contribution is -2.54. The number of rotatable bonds is 6. The zero-order valence-corrected chi connectivity index (χ0v) is 19.1. The second-order valence-electron chi connectivity index (χ2n) is 7.65. The zero-order chi connectivity index (χ0) is 25.1. The zero-order valence-electron chi connectivity index (χ0n) is 18.4. The van der Waals surface area contributed by atoms with Crippen LogP contribution in [0.5, 0.6) is 5.75 Å². The molecule has 0 aliphatic carbocycles. The Balaban J connectivity index is 1.53. The number of imide groups is 2. The van der Waals surface area contributed by atoms with Gasteiger partial charge in [0.2, 0.25) is 0 Å². The quantitative estimate of drug-likeness (QED) is 0.229. The second kappa shape index (κ2) is 9.78. The van der Waals surface area contributed by atoms with Crippen LogP contribution in [0.1, 0.15) is 16.7 Å². The van der Waals surface area contributed by atoms with Crippen molar-refractivity contribution in [3.63, 3.8) is 0 Å². The van der Waals surface area contributed by atoms with E-state index in [1.165, 1.54) is 24.3 Å². The Hall–Kier alpha value is -4.50. The topological polar surface area (TPSA) is 119 Å². The van der Waals surface area contributed by atoms with Gasteiger partial charge in [0, 0.05) is 12.1 Å². The normalized spacial score (nSPS) is 14.7. The number of para-hydroxylation sites is 1. The lowest BCUT2D eigenvalue weighted by atomic mass is 10.1. The summed E-state index contributed by atoms with van der Waals surface area (Å²) in [5.41, 5.74) is 2.00. The molecule has 1 fully saturated rings. The van der Waals surface area contributed by atoms with Crippen LogP contribution in [0.25, 0.3) is 6.08 Å². The van der Waals surface area contributed by atoms with Gasteiger partial charge in [-0.25, -0.2) is 9.69 Å². The fourth-order valence-electron chi connectivity index (χ4n) is 3.46. The molecule has 0 aromatic heterocycles. The van der Waals surface area contributed by atoms with E-state index >= 15 is 0 Å². The molecule has 0 atom stereocenters. The summed E-state index contributed by atoms with van der Waals surface area (Å²) in [7, 11) is 0. The lowest BCUT2D eigenvalue weighted by molar-refractivity contribution is -0.384. The molecule has 1 aliphatic heterocycles. The number of hydrogen-bond acceptors (Lipinski definition) is 6. The van der Waals surface area contributed by atoms with Crippen LogP contribution in [-0.2, 0) is 16.2 Å². The Kier molecular flexibility index (Phi) is 6.61. The van der Waals surface area contributed by atoms with Gasteiger partial charge in [-0.15, -0.1) is 0 Å². The number of benzene rings is 3. The Bertz CT molecular complexity index is 1380. The standard InChI is InChI=1S/C25H18ClN3O6/c1-15-4-2-3-5-21(15)28-24(31)19(23(30)27-25(28)32)12-17-8-11-22(20(26)13-17)35-14-16-6-9-18(10-7-16)29(33)34/h2-13H,14H2,1H3,(H,27,30,32)/b19-12+. The van der Waals surface area contributed by atoms with E-state index in [0.717, 1.165) is 4.90 Å². The smallest absolute Gasteiger partial charge is 0.335 e. The summed E-state index contributed by atoms with van der Waals surface area (Å²) in [4.78, 5) is 49.0. The van der Waals surface area contributed by atoms with Crippen molar-refractivity contribution < 1.29 is 24.0 Å². The number of nitro benzene ring substituents is 1. The molecule has 1 N–H and O–H groups in total. The fraction of sp³-hybridized carbons (Fsp3) is 0.0800. The first kappa shape index (κ1) is 23.7. The maximum Gasteiger partial charge on any atom is 0.335 e. The summed E-state index contributed by atoms with van der Waals surface area (Å²) in [5.74, 6) is -1.20. The van der Waals surface area contributed by atoms with Crippen molar-refractivity contribution in [1.29, 1.82) is 0 Å². The molecule has 1 saturated heterocycles. The molecule has 176 valence electrons. The molecule has 3 aromatic carbocycles. The van der Waals surface area contributed by atoms with E-state index in [1.807, 2.05) is 0 Å². The van der Waals surface area contributed by atoms with Gasteiger partial charge in [0.15, 0.2) is 0 Å². The number of anilines is 1. The molecular weight excluding hydrogens is 474 g/mol. The third-order valence-electron chi connectivity index (χ3n) is 5.27. The summed E-state index contributed by atoms with van der Waals surface area (Å²) >= 11 is 6.33. The Morgan fingerprint density at radius 1 is 1.06 bits per heavy atom. The van der Waals surface area contributed by atoms with E-state index < -0.39 is 22.8 Å². The molecule has 4 amide bonds. The van der Waals surface area contributed by atoms with Crippen molar-refractivity contribution in [3.05, 3.63) is 104 Å². The Labute approximate surface area is 204 Å². The van der Waals surface area contributed by atoms with Crippen LogP contribution >= 0.6 is 11.6 Å². The number of nitrogens with zero attached hydrogens (tertiary/aromatic N) is 2. The van der Waals surface area contributed by atoms with Crippen molar-refractivity contribution in [1.82, 2.24) is 5.32 Å². The summed E-state index contributed by atoms with van der Waals surface area (Å²) in [6.45, 7) is 1.89. The van der Waals surface area contributed by atoms with Crippen LogP contribution in [0.3, 0.4) is 0 Å². The van der Waals surface area contributed by atoms with E-state index in [1.54, 1.807) is 55.5 Å². The van der Waals surface area contributed by atoms with Crippen molar-refractivity contribution in [3.8, 4) is 5.75 Å². The molecule has 0 spiro atoms. The van der Waals surface area contributed by atoms with E-state index in [-0.39, 0.29) is 22.9 Å². The van der Waals surface area contributed by atoms with Gasteiger partial charge >= 0.3 is 6.03 Å². The number of barbiturate groups is 1. The first-order chi connectivity index (χ1) is 16.7. The molecule has 9 nitrogen and oxygen atoms in total. The average molecular weight is 492 g/mol. The minimum Gasteiger partial charge on any atom is -0.487 e. The number of non-ortho nitro benzene ring substituents is 1. The third-order valence-corrected chi connectivity index (χ3v) is 5.56. The number of urea groups is 1. The monoisotopic (exact) mass is 491 g/mol. The Morgan fingerprint density at radius 2 is 1.77 bits per heavy atom. The lowest BCUT2D eigenvalue weighted by Gasteiger charge is -2.27. The molecule has 0 radical (unpaired) electrons. The molecule has 10 heteroatoms. The van der Waals surface area contributed by atoms with Crippen LogP contribution in [0.4, 0.5) is 16.2 Å². The van der Waals surface area contributed by atoms with Gasteiger partial charge in [-0.2, -0.15) is 0 Å². The summed E-state index contributed by atoms with van der Waals surface area (Å²) in [6.07, 6.45) is 1.35. The molecule has 0 unspecified atom stereocenters. The summed E-state index contributed by atoms with van der Waals surface area (Å²) < 4.78 is 5.69. The third kappa shape index (κ3) is 5.04. The van der Waals surface area contributed by atoms with Crippen molar-refractivity contribution in [2.45, 2.75) is 13.5 Å². The molecule has 1 aliphatic rings. The van der Waals surface area contributed by atoms with Gasteiger partial charge < -0.3 is 4.74 Å². The highest BCUT2D eigenvalue weighted by molar-refractivity contribution is 6.39. The van der Waals surface area contributed by atoms with Gasteiger partial charge in [0.05, 0.1) is 15.6 Å². The van der Waals surface area contributed by atoms with Gasteiger partial charge in [0.25, 0.3) is 17.5 Å². The van der Waals surface area contributed by atoms with Gasteiger partial charge in [-0.05, 0) is 60.0 Å². The van der Waals surface area contributed by atoms with Crippen molar-refractivity contribution in [2.24, 2.45) is 0 Å². The SMILES string of the molecule is Cc1ccccc1N1C(=O)NC(=O)/C(=C\c2ccc(OCc3ccc([N+](=O)[O-])cc3)c(Cl)c2)C1=O. The number of carbonyl (C=O) groups is 3. The van der Waals surface area contributed by atoms with Crippen LogP contribution in [0.2, 0.25) is 5.02 Å². The highest BCUT2D eigenvalue weighted by Crippen LogP contribution is 2.29. The molecular formula is C25H18ClN3O6. The predicted molar refractivity (Wildman–Crippen MR) is 129 cm³/mol. The van der Waals surface area contributed by atoms with Crippen LogP contribution < -0.4 is 15.0 Å². The van der Waals surface area contributed by atoms with Crippen LogP contribution in [0.15, 0.2) is 72.3 Å². The summed E-state index contributed by atoms with van der Waals surface area (Å²) in [5, 5.41) is 13.2. The number of halogens is 1. The second-order valence-corrected chi connectivity index (χ2v) is 8.05. The first-order valence-corrected chi connectivity index (χ1v) is 10.7. The highest BCUT2D eigenvalue weighted by atomic mass is 35.5. The minimum atomic E-state index is -0.820. The average Bonchev–Trinajstić information content (AvgIpc) is 2.82. The highest BCUT2D eigenvalue weighted by Gasteiger charge is 2.37. The predicted octanol–water partition coefficient (Wildman–Crippen LogP) is 4.80. The number of carbonyl (C=O) groups excluding carboxylic acids is 3. The van der Waals surface area contributed by atoms with Gasteiger partial charge in [-0.1, -0.05) is 35.9 Å². The Morgan fingerprint density at radius 3 is 2.43 bits per heavy atom. The van der Waals surface area contributed by atoms with Gasteiger partial charge in [0.1, 0.15) is 17.9 Å². The fourth-order valence-corrected chi connectivity index (χ4v) is 3.70. The maximum absolute atomic E-state index is 13.1. The molecule has 0 saturated carbocycles. The number of hydrogen-bond donors (Lipinski definition) is 1. The number of nitrogens with one attached hydrogen (secondary N) is 1. The van der Waals surface area contributed by atoms with Crippen LogP contribution in [0, 0.1) is 17.0 Å². The van der Waals surface area contributed by atoms with Crippen molar-refractivity contribution in [2.75, 3.05) is 4.90 Å². The largest absolute Gasteiger partial charge is 0.487 e. The molecule has 3 aromatic rings. The first-order valence-electron chi connectivity index (χ1n) is 10.4. The maximum atomic E-state index is 13.1. The van der Waals surface area contributed by atoms with E-state index in [0.29, 0.717) is 28.1 Å². The molecule has 0 bridgehead atoms. The number of amides is 4. The van der Waals surface area contributed by atoms with E-state index in [4.69, 9.17) is 16.3 Å².